The Hall–Kier alpha value is -0.180. The molecule has 1 saturated heterocycles. The van der Waals surface area contributed by atoms with Crippen LogP contribution in [0.4, 0.5) is 0 Å². The summed E-state index contributed by atoms with van der Waals surface area (Å²) >= 11 is 0. The van der Waals surface area contributed by atoms with E-state index in [0.29, 0.717) is 45.1 Å². The Labute approximate surface area is 180 Å². The molecular weight excluding hydrogens is 507 g/mol. The predicted octanol–water partition coefficient (Wildman–Crippen LogP) is -0.0131. The van der Waals surface area contributed by atoms with Gasteiger partial charge in [-0.05, 0) is 20.3 Å². The number of sulfonamides is 1. The van der Waals surface area contributed by atoms with Crippen molar-refractivity contribution in [1.82, 2.24) is 14.5 Å². The maximum absolute atomic E-state index is 12.3. The van der Waals surface area contributed by atoms with E-state index in [2.05, 4.69) is 10.3 Å². The number of guanidine groups is 1. The van der Waals surface area contributed by atoms with Gasteiger partial charge < -0.3 is 15.0 Å². The van der Waals surface area contributed by atoms with Gasteiger partial charge in [-0.1, -0.05) is 0 Å². The third-order valence-corrected chi connectivity index (χ3v) is 6.78. The number of nitrogens with one attached hydrogen (secondary N) is 1. The average molecular weight is 540 g/mol. The summed E-state index contributed by atoms with van der Waals surface area (Å²) in [6.45, 7) is 6.32. The van der Waals surface area contributed by atoms with Gasteiger partial charge >= 0.3 is 0 Å². The van der Waals surface area contributed by atoms with Crippen LogP contribution in [0.15, 0.2) is 4.99 Å². The van der Waals surface area contributed by atoms with E-state index in [9.17, 15) is 16.8 Å². The Kier molecular flexibility index (Phi) is 12.3. The molecule has 0 atom stereocenters. The third-order valence-electron chi connectivity index (χ3n) is 3.91. The molecule has 1 rings (SSSR count). The highest BCUT2D eigenvalue weighted by atomic mass is 127. The minimum absolute atomic E-state index is 0. The molecule has 162 valence electrons. The number of halogens is 1. The Morgan fingerprint density at radius 2 is 1.70 bits per heavy atom. The van der Waals surface area contributed by atoms with Gasteiger partial charge in [0.15, 0.2) is 5.96 Å². The van der Waals surface area contributed by atoms with E-state index in [4.69, 9.17) is 4.74 Å². The van der Waals surface area contributed by atoms with Crippen LogP contribution < -0.4 is 5.32 Å². The van der Waals surface area contributed by atoms with E-state index in [0.717, 1.165) is 0 Å². The van der Waals surface area contributed by atoms with Crippen molar-refractivity contribution in [2.75, 3.05) is 64.1 Å². The van der Waals surface area contributed by atoms with Gasteiger partial charge in [0, 0.05) is 46.0 Å². The number of piperazine rings is 1. The maximum Gasteiger partial charge on any atom is 0.216 e. The second kappa shape index (κ2) is 12.4. The van der Waals surface area contributed by atoms with E-state index in [1.807, 2.05) is 18.7 Å². The predicted molar refractivity (Wildman–Crippen MR) is 119 cm³/mol. The number of ether oxygens (including phenoxy) is 1. The summed E-state index contributed by atoms with van der Waals surface area (Å²) in [5.41, 5.74) is 0. The topological polar surface area (TPSA) is 108 Å². The fraction of sp³-hybridized carbons (Fsp3) is 0.933. The number of nitrogens with zero attached hydrogens (tertiary/aromatic N) is 3. The summed E-state index contributed by atoms with van der Waals surface area (Å²) < 4.78 is 53.8. The van der Waals surface area contributed by atoms with Crippen molar-refractivity contribution in [2.24, 2.45) is 4.99 Å². The SMILES string of the molecule is CN=C(NCCCS(C)(=O)=O)N1CCN(S(=O)(=O)CCOC(C)C)CC1.I. The zero-order chi connectivity index (χ0) is 19.8. The molecule has 1 fully saturated rings. The van der Waals surface area contributed by atoms with Crippen molar-refractivity contribution in [3.63, 3.8) is 0 Å². The van der Waals surface area contributed by atoms with Gasteiger partial charge in [0.05, 0.1) is 24.2 Å². The standard InChI is InChI=1S/C15H32N4O5S2.HI/c1-14(2)24-11-13-26(22,23)19-9-7-18(8-10-19)15(16-3)17-6-5-12-25(4,20)21;/h14H,5-13H2,1-4H3,(H,16,17);1H. The fourth-order valence-corrected chi connectivity index (χ4v) is 4.52. The first kappa shape index (κ1) is 26.8. The van der Waals surface area contributed by atoms with Crippen LogP contribution in [0.1, 0.15) is 20.3 Å². The minimum atomic E-state index is -3.32. The Bertz CT molecular complexity index is 660. The van der Waals surface area contributed by atoms with Crippen LogP contribution in [-0.4, -0.2) is 102 Å². The maximum atomic E-state index is 12.3. The molecule has 0 aromatic heterocycles. The largest absolute Gasteiger partial charge is 0.378 e. The highest BCUT2D eigenvalue weighted by molar-refractivity contribution is 14.0. The number of hydrogen-bond donors (Lipinski definition) is 1. The van der Waals surface area contributed by atoms with Crippen LogP contribution in [0.5, 0.6) is 0 Å². The third kappa shape index (κ3) is 10.8. The molecule has 1 N–H and O–H groups in total. The first-order valence-electron chi connectivity index (χ1n) is 8.78. The molecule has 12 heteroatoms. The smallest absolute Gasteiger partial charge is 0.216 e. The summed E-state index contributed by atoms with van der Waals surface area (Å²) in [4.78, 5) is 6.18. The van der Waals surface area contributed by atoms with E-state index < -0.39 is 19.9 Å². The molecule has 0 amide bonds. The first-order valence-corrected chi connectivity index (χ1v) is 12.4. The van der Waals surface area contributed by atoms with Crippen LogP contribution in [0.2, 0.25) is 0 Å². The van der Waals surface area contributed by atoms with Gasteiger partial charge in [0.1, 0.15) is 9.84 Å². The van der Waals surface area contributed by atoms with E-state index in [-0.39, 0.29) is 48.2 Å². The van der Waals surface area contributed by atoms with Crippen molar-refractivity contribution in [2.45, 2.75) is 26.4 Å². The molecule has 0 unspecified atom stereocenters. The average Bonchev–Trinajstić information content (AvgIpc) is 2.53. The lowest BCUT2D eigenvalue weighted by atomic mass is 10.4. The van der Waals surface area contributed by atoms with Crippen molar-refractivity contribution < 1.29 is 21.6 Å². The zero-order valence-corrected chi connectivity index (χ0v) is 20.5. The number of sulfone groups is 1. The molecule has 1 heterocycles. The van der Waals surface area contributed by atoms with Gasteiger partial charge in [-0.15, -0.1) is 24.0 Å². The van der Waals surface area contributed by atoms with E-state index in [1.165, 1.54) is 10.6 Å². The zero-order valence-electron chi connectivity index (χ0n) is 16.5. The second-order valence-electron chi connectivity index (χ2n) is 6.58. The molecule has 0 aromatic rings. The highest BCUT2D eigenvalue weighted by Crippen LogP contribution is 2.09. The first-order chi connectivity index (χ1) is 12.0. The highest BCUT2D eigenvalue weighted by Gasteiger charge is 2.27. The van der Waals surface area contributed by atoms with Crippen molar-refractivity contribution in [3.8, 4) is 0 Å². The molecule has 9 nitrogen and oxygen atoms in total. The number of rotatable bonds is 9. The summed E-state index contributed by atoms with van der Waals surface area (Å²) in [6, 6.07) is 0. The normalized spacial score (nSPS) is 17.1. The van der Waals surface area contributed by atoms with Gasteiger partial charge in [-0.3, -0.25) is 4.99 Å². The summed E-state index contributed by atoms with van der Waals surface area (Å²) in [5.74, 6) is 0.782. The Balaban J connectivity index is 0.00000676. The summed E-state index contributed by atoms with van der Waals surface area (Å²) in [5, 5.41) is 3.14. The van der Waals surface area contributed by atoms with Crippen LogP contribution in [0.25, 0.3) is 0 Å². The summed E-state index contributed by atoms with van der Waals surface area (Å²) in [6.07, 6.45) is 1.73. The quantitative estimate of drug-likeness (QED) is 0.190. The molecule has 27 heavy (non-hydrogen) atoms. The molecule has 0 aliphatic carbocycles. The Morgan fingerprint density at radius 1 is 1.11 bits per heavy atom. The van der Waals surface area contributed by atoms with Crippen molar-refractivity contribution in [1.29, 1.82) is 0 Å². The molecule has 1 aliphatic heterocycles. The lowest BCUT2D eigenvalue weighted by molar-refractivity contribution is 0.0904. The van der Waals surface area contributed by atoms with Gasteiger partial charge in [-0.25, -0.2) is 16.8 Å². The number of hydrogen-bond acceptors (Lipinski definition) is 6. The van der Waals surface area contributed by atoms with Crippen LogP contribution in [0, 0.1) is 0 Å². The van der Waals surface area contributed by atoms with Gasteiger partial charge in [0.25, 0.3) is 0 Å². The molecule has 0 aromatic carbocycles. The molecule has 0 spiro atoms. The van der Waals surface area contributed by atoms with Crippen LogP contribution >= 0.6 is 24.0 Å². The minimum Gasteiger partial charge on any atom is -0.378 e. The lowest BCUT2D eigenvalue weighted by Gasteiger charge is -2.35. The molecule has 0 bridgehead atoms. The van der Waals surface area contributed by atoms with Gasteiger partial charge in [0.2, 0.25) is 10.0 Å². The van der Waals surface area contributed by atoms with E-state index in [1.54, 1.807) is 7.05 Å². The number of aliphatic imine (C=N–C) groups is 1. The van der Waals surface area contributed by atoms with Crippen molar-refractivity contribution in [3.05, 3.63) is 0 Å². The van der Waals surface area contributed by atoms with Crippen molar-refractivity contribution >= 4 is 49.8 Å². The molecular formula is C15H33IN4O5S2. The molecule has 1 aliphatic rings. The fourth-order valence-electron chi connectivity index (χ4n) is 2.56. The molecule has 0 radical (unpaired) electrons. The lowest BCUT2D eigenvalue weighted by Crippen LogP contribution is -2.54. The van der Waals surface area contributed by atoms with Crippen LogP contribution in [0.3, 0.4) is 0 Å². The Morgan fingerprint density at radius 3 is 2.19 bits per heavy atom. The summed E-state index contributed by atoms with van der Waals surface area (Å²) in [7, 11) is -4.63. The second-order valence-corrected chi connectivity index (χ2v) is 10.9. The van der Waals surface area contributed by atoms with Gasteiger partial charge in [-0.2, -0.15) is 4.31 Å². The van der Waals surface area contributed by atoms with E-state index >= 15 is 0 Å². The molecule has 0 saturated carbocycles. The van der Waals surface area contributed by atoms with Crippen LogP contribution in [-0.2, 0) is 24.6 Å². The monoisotopic (exact) mass is 540 g/mol.